The highest BCUT2D eigenvalue weighted by atomic mass is 35.5. The molecule has 21 heavy (non-hydrogen) atoms. The van der Waals surface area contributed by atoms with Crippen molar-refractivity contribution in [2.75, 3.05) is 6.79 Å². The first kappa shape index (κ1) is 13.5. The molecule has 2 aromatic rings. The van der Waals surface area contributed by atoms with Crippen molar-refractivity contribution in [3.05, 3.63) is 58.6 Å². The first-order valence-corrected chi connectivity index (χ1v) is 6.50. The Morgan fingerprint density at radius 2 is 1.90 bits per heavy atom. The molecule has 0 aromatic heterocycles. The van der Waals surface area contributed by atoms with E-state index in [1.54, 1.807) is 42.5 Å². The van der Waals surface area contributed by atoms with E-state index in [4.69, 9.17) is 25.9 Å². The van der Waals surface area contributed by atoms with E-state index in [0.29, 0.717) is 22.1 Å². The van der Waals surface area contributed by atoms with Gasteiger partial charge in [-0.3, -0.25) is 0 Å². The number of carbonyl (C=O) groups excluding carboxylic acids is 1. The van der Waals surface area contributed by atoms with Gasteiger partial charge in [0.25, 0.3) is 0 Å². The monoisotopic (exact) mass is 303 g/mol. The Hall–Kier alpha value is -2.53. The normalized spacial score (nSPS) is 12.6. The molecule has 0 unspecified atom stereocenters. The molecule has 0 atom stereocenters. The highest BCUT2D eigenvalue weighted by Gasteiger charge is 2.12. The van der Waals surface area contributed by atoms with Crippen molar-refractivity contribution in [1.82, 2.24) is 0 Å². The van der Waals surface area contributed by atoms with E-state index >= 15 is 0 Å². The molecule has 3 rings (SSSR count). The third kappa shape index (κ3) is 3.14. The van der Waals surface area contributed by atoms with Crippen molar-refractivity contribution in [2.24, 2.45) is 5.16 Å². The number of nitrogens with zero attached hydrogens (tertiary/aromatic N) is 1. The van der Waals surface area contributed by atoms with Crippen LogP contribution in [0.3, 0.4) is 0 Å². The maximum Gasteiger partial charge on any atom is 0.365 e. The molecule has 0 bridgehead atoms. The van der Waals surface area contributed by atoms with Crippen LogP contribution in [0.4, 0.5) is 0 Å². The summed E-state index contributed by atoms with van der Waals surface area (Å²) in [6, 6.07) is 11.7. The van der Waals surface area contributed by atoms with Crippen molar-refractivity contribution in [1.29, 1.82) is 0 Å². The number of fused-ring (bicyclic) bond motifs is 1. The molecule has 1 heterocycles. The van der Waals surface area contributed by atoms with Crippen molar-refractivity contribution >= 4 is 23.8 Å². The molecule has 0 saturated heterocycles. The van der Waals surface area contributed by atoms with Crippen LogP contribution in [0.25, 0.3) is 0 Å². The number of oxime groups is 1. The Kier molecular flexibility index (Phi) is 3.75. The lowest BCUT2D eigenvalue weighted by Gasteiger charge is -1.99. The topological polar surface area (TPSA) is 57.1 Å². The second-order valence-corrected chi connectivity index (χ2v) is 4.67. The Labute approximate surface area is 125 Å². The maximum atomic E-state index is 11.7. The number of halogens is 1. The highest BCUT2D eigenvalue weighted by Crippen LogP contribution is 2.31. The minimum absolute atomic E-state index is 0.210. The molecule has 6 heteroatoms. The van der Waals surface area contributed by atoms with Crippen LogP contribution in [0.5, 0.6) is 11.5 Å². The average molecular weight is 304 g/mol. The molecule has 1 aliphatic rings. The summed E-state index contributed by atoms with van der Waals surface area (Å²) in [6.45, 7) is 0.210. The number of ether oxygens (including phenoxy) is 2. The molecule has 0 aliphatic carbocycles. The Morgan fingerprint density at radius 3 is 2.71 bits per heavy atom. The van der Waals surface area contributed by atoms with E-state index in [1.807, 2.05) is 0 Å². The van der Waals surface area contributed by atoms with Crippen LogP contribution < -0.4 is 9.47 Å². The second kappa shape index (κ2) is 5.85. The van der Waals surface area contributed by atoms with Gasteiger partial charge in [0, 0.05) is 10.6 Å². The minimum Gasteiger partial charge on any atom is -0.454 e. The summed E-state index contributed by atoms with van der Waals surface area (Å²) in [5, 5.41) is 4.21. The van der Waals surface area contributed by atoms with Crippen LogP contribution in [0, 0.1) is 0 Å². The lowest BCUT2D eigenvalue weighted by molar-refractivity contribution is 0.0519. The fraction of sp³-hybridized carbons (Fsp3) is 0.0667. The smallest absolute Gasteiger partial charge is 0.365 e. The average Bonchev–Trinajstić information content (AvgIpc) is 2.95. The summed E-state index contributed by atoms with van der Waals surface area (Å²) < 4.78 is 10.4. The summed E-state index contributed by atoms with van der Waals surface area (Å²) in [5.41, 5.74) is 1.12. The Morgan fingerprint density at radius 1 is 1.14 bits per heavy atom. The Balaban J connectivity index is 1.64. The molecule has 0 saturated carbocycles. The lowest BCUT2D eigenvalue weighted by Crippen LogP contribution is -2.00. The van der Waals surface area contributed by atoms with Crippen molar-refractivity contribution in [3.8, 4) is 11.5 Å². The van der Waals surface area contributed by atoms with Gasteiger partial charge in [0.2, 0.25) is 6.79 Å². The summed E-state index contributed by atoms with van der Waals surface area (Å²) in [5.74, 6) is 0.775. The van der Waals surface area contributed by atoms with Crippen molar-refractivity contribution in [2.45, 2.75) is 0 Å². The fourth-order valence-corrected chi connectivity index (χ4v) is 1.89. The van der Waals surface area contributed by atoms with E-state index in [2.05, 4.69) is 5.16 Å². The predicted molar refractivity (Wildman–Crippen MR) is 77.0 cm³/mol. The van der Waals surface area contributed by atoms with Gasteiger partial charge in [0.05, 0.1) is 11.8 Å². The zero-order valence-electron chi connectivity index (χ0n) is 10.8. The van der Waals surface area contributed by atoms with Gasteiger partial charge in [-0.25, -0.2) is 4.79 Å². The Bertz CT molecular complexity index is 697. The quantitative estimate of drug-likeness (QED) is 0.496. The molecule has 1 aliphatic heterocycles. The highest BCUT2D eigenvalue weighted by molar-refractivity contribution is 6.30. The molecule has 0 N–H and O–H groups in total. The predicted octanol–water partition coefficient (Wildman–Crippen LogP) is 3.26. The van der Waals surface area contributed by atoms with Crippen LogP contribution in [-0.4, -0.2) is 19.0 Å². The first-order valence-electron chi connectivity index (χ1n) is 6.12. The molecule has 0 radical (unpaired) electrons. The van der Waals surface area contributed by atoms with Gasteiger partial charge in [0.15, 0.2) is 11.5 Å². The van der Waals surface area contributed by atoms with E-state index < -0.39 is 5.97 Å². The molecule has 2 aromatic carbocycles. The zero-order chi connectivity index (χ0) is 14.7. The summed E-state index contributed by atoms with van der Waals surface area (Å²) in [6.07, 6.45) is 1.43. The first-order chi connectivity index (χ1) is 10.2. The molecule has 0 spiro atoms. The van der Waals surface area contributed by atoms with E-state index in [9.17, 15) is 4.79 Å². The molecule has 0 amide bonds. The van der Waals surface area contributed by atoms with Gasteiger partial charge in [-0.2, -0.15) is 0 Å². The van der Waals surface area contributed by atoms with Gasteiger partial charge in [-0.1, -0.05) is 16.8 Å². The van der Waals surface area contributed by atoms with Gasteiger partial charge in [-0.15, -0.1) is 0 Å². The molecular formula is C15H10ClNO4. The SMILES string of the molecule is O=C(O/N=C/c1ccc2c(c1)OCO2)c1ccc(Cl)cc1. The molecule has 0 fully saturated rings. The third-order valence-electron chi connectivity index (χ3n) is 2.81. The number of benzene rings is 2. The number of hydrogen-bond donors (Lipinski definition) is 0. The van der Waals surface area contributed by atoms with Gasteiger partial charge in [0.1, 0.15) is 0 Å². The molecular weight excluding hydrogens is 294 g/mol. The van der Waals surface area contributed by atoms with E-state index in [-0.39, 0.29) is 6.79 Å². The van der Waals surface area contributed by atoms with Crippen molar-refractivity contribution in [3.63, 3.8) is 0 Å². The molecule has 5 nitrogen and oxygen atoms in total. The summed E-state index contributed by atoms with van der Waals surface area (Å²) in [7, 11) is 0. The maximum absolute atomic E-state index is 11.7. The standard InChI is InChI=1S/C15H10ClNO4/c16-12-4-2-11(3-5-12)15(18)21-17-8-10-1-6-13-14(7-10)20-9-19-13/h1-8H,9H2/b17-8+. The van der Waals surface area contributed by atoms with Gasteiger partial charge >= 0.3 is 5.97 Å². The number of carbonyl (C=O) groups is 1. The number of rotatable bonds is 3. The van der Waals surface area contributed by atoms with Crippen LogP contribution in [-0.2, 0) is 4.84 Å². The summed E-state index contributed by atoms with van der Waals surface area (Å²) >= 11 is 5.74. The summed E-state index contributed by atoms with van der Waals surface area (Å²) in [4.78, 5) is 16.5. The van der Waals surface area contributed by atoms with Crippen LogP contribution in [0.2, 0.25) is 5.02 Å². The van der Waals surface area contributed by atoms with Gasteiger partial charge < -0.3 is 14.3 Å². The van der Waals surface area contributed by atoms with E-state index in [1.165, 1.54) is 6.21 Å². The molecule has 106 valence electrons. The van der Waals surface area contributed by atoms with Crippen LogP contribution >= 0.6 is 11.6 Å². The van der Waals surface area contributed by atoms with Crippen molar-refractivity contribution < 1.29 is 19.1 Å². The number of hydrogen-bond acceptors (Lipinski definition) is 5. The second-order valence-electron chi connectivity index (χ2n) is 4.23. The largest absolute Gasteiger partial charge is 0.454 e. The van der Waals surface area contributed by atoms with E-state index in [0.717, 1.165) is 5.56 Å². The minimum atomic E-state index is -0.552. The van der Waals surface area contributed by atoms with Crippen LogP contribution in [0.15, 0.2) is 47.6 Å². The lowest BCUT2D eigenvalue weighted by atomic mass is 10.2. The van der Waals surface area contributed by atoms with Gasteiger partial charge in [-0.05, 0) is 42.5 Å². The third-order valence-corrected chi connectivity index (χ3v) is 3.07. The fourth-order valence-electron chi connectivity index (χ4n) is 1.77. The van der Waals surface area contributed by atoms with Crippen LogP contribution in [0.1, 0.15) is 15.9 Å². The zero-order valence-corrected chi connectivity index (χ0v) is 11.5.